The van der Waals surface area contributed by atoms with Crippen LogP contribution in [0.3, 0.4) is 0 Å². The van der Waals surface area contributed by atoms with E-state index in [-0.39, 0.29) is 24.7 Å². The molecule has 122 valence electrons. The summed E-state index contributed by atoms with van der Waals surface area (Å²) in [5, 5.41) is 11.0. The van der Waals surface area contributed by atoms with Crippen molar-refractivity contribution in [2.75, 3.05) is 19.7 Å². The minimum atomic E-state index is -3.83. The van der Waals surface area contributed by atoms with E-state index in [0.29, 0.717) is 5.01 Å². The lowest BCUT2D eigenvalue weighted by Crippen LogP contribution is -2.48. The van der Waals surface area contributed by atoms with Crippen LogP contribution in [0.25, 0.3) is 10.6 Å². The van der Waals surface area contributed by atoms with Crippen LogP contribution < -0.4 is 0 Å². The summed E-state index contributed by atoms with van der Waals surface area (Å²) < 4.78 is 31.4. The summed E-state index contributed by atoms with van der Waals surface area (Å²) in [6.45, 7) is -0.0496. The topological polar surface area (TPSA) is 96.8 Å². The zero-order valence-corrected chi connectivity index (χ0v) is 13.6. The Labute approximate surface area is 137 Å². The fourth-order valence-corrected chi connectivity index (χ4v) is 4.71. The summed E-state index contributed by atoms with van der Waals surface area (Å²) in [6.07, 6.45) is -1.15. The van der Waals surface area contributed by atoms with Gasteiger partial charge in [-0.05, 0) is 0 Å². The van der Waals surface area contributed by atoms with E-state index in [2.05, 4.69) is 4.98 Å². The van der Waals surface area contributed by atoms with Gasteiger partial charge in [0, 0.05) is 17.5 Å². The van der Waals surface area contributed by atoms with E-state index in [1.165, 1.54) is 16.7 Å². The van der Waals surface area contributed by atoms with Crippen molar-refractivity contribution in [3.8, 4) is 10.6 Å². The molecule has 2 heterocycles. The molecule has 3 rings (SSSR count). The minimum Gasteiger partial charge on any atom is -0.479 e. The van der Waals surface area contributed by atoms with E-state index in [1.54, 1.807) is 0 Å². The largest absolute Gasteiger partial charge is 0.479 e. The maximum Gasteiger partial charge on any atom is 0.334 e. The summed E-state index contributed by atoms with van der Waals surface area (Å²) in [7, 11) is -3.83. The SMILES string of the molecule is O=C(O)C1CN(S(=O)(=O)c2csc(-c3ccccc3)n2)CCO1. The van der Waals surface area contributed by atoms with E-state index >= 15 is 0 Å². The van der Waals surface area contributed by atoms with Gasteiger partial charge >= 0.3 is 5.97 Å². The maximum atomic E-state index is 12.6. The third kappa shape index (κ3) is 3.27. The molecule has 0 bridgehead atoms. The van der Waals surface area contributed by atoms with E-state index in [4.69, 9.17) is 9.84 Å². The number of aromatic nitrogens is 1. The average Bonchev–Trinajstić information content (AvgIpc) is 3.06. The van der Waals surface area contributed by atoms with Crippen molar-refractivity contribution in [2.45, 2.75) is 11.1 Å². The highest BCUT2D eigenvalue weighted by Crippen LogP contribution is 2.27. The van der Waals surface area contributed by atoms with Crippen LogP contribution in [0.5, 0.6) is 0 Å². The first-order chi connectivity index (χ1) is 11.0. The predicted molar refractivity (Wildman–Crippen MR) is 83.7 cm³/mol. The predicted octanol–water partition coefficient (Wildman–Crippen LogP) is 1.28. The van der Waals surface area contributed by atoms with Crippen molar-refractivity contribution >= 4 is 27.3 Å². The molecule has 0 radical (unpaired) electrons. The highest BCUT2D eigenvalue weighted by molar-refractivity contribution is 7.89. The van der Waals surface area contributed by atoms with Crippen molar-refractivity contribution < 1.29 is 23.1 Å². The Morgan fingerprint density at radius 1 is 1.35 bits per heavy atom. The Morgan fingerprint density at radius 2 is 2.09 bits per heavy atom. The molecule has 1 saturated heterocycles. The second kappa shape index (κ2) is 6.36. The normalized spacial score (nSPS) is 19.6. The molecule has 7 nitrogen and oxygen atoms in total. The summed E-state index contributed by atoms with van der Waals surface area (Å²) in [5.41, 5.74) is 0.837. The molecule has 1 fully saturated rings. The summed E-state index contributed by atoms with van der Waals surface area (Å²) >= 11 is 1.24. The number of thiazole rings is 1. The van der Waals surface area contributed by atoms with E-state index in [9.17, 15) is 13.2 Å². The number of carboxylic acid groups (broad SMARTS) is 1. The Bertz CT molecular complexity index is 804. The van der Waals surface area contributed by atoms with Crippen LogP contribution in [0, 0.1) is 0 Å². The molecular weight excluding hydrogens is 340 g/mol. The number of nitrogens with zero attached hydrogens (tertiary/aromatic N) is 2. The number of hydrogen-bond acceptors (Lipinski definition) is 6. The van der Waals surface area contributed by atoms with Crippen LogP contribution in [0.2, 0.25) is 0 Å². The average molecular weight is 354 g/mol. The number of aliphatic carboxylic acids is 1. The maximum absolute atomic E-state index is 12.6. The second-order valence-corrected chi connectivity index (χ2v) is 7.66. The van der Waals surface area contributed by atoms with Gasteiger partial charge in [0.05, 0.1) is 13.2 Å². The van der Waals surface area contributed by atoms with Gasteiger partial charge in [0.2, 0.25) is 0 Å². The smallest absolute Gasteiger partial charge is 0.334 e. The standard InChI is InChI=1S/C14H14N2O5S2/c17-14(18)11-8-16(6-7-21-11)23(19,20)12-9-22-13(15-12)10-4-2-1-3-5-10/h1-5,9,11H,6-8H2,(H,17,18). The molecule has 0 amide bonds. The highest BCUT2D eigenvalue weighted by Gasteiger charge is 2.35. The van der Waals surface area contributed by atoms with E-state index < -0.39 is 22.1 Å². The minimum absolute atomic E-state index is 0.0475. The van der Waals surface area contributed by atoms with Gasteiger partial charge in [-0.3, -0.25) is 0 Å². The number of morpholine rings is 1. The first-order valence-corrected chi connectivity index (χ1v) is 9.16. The van der Waals surface area contributed by atoms with Crippen LogP contribution in [0.4, 0.5) is 0 Å². The number of ether oxygens (including phenoxy) is 1. The Hall–Kier alpha value is -1.81. The number of carboxylic acids is 1. The summed E-state index contributed by atoms with van der Waals surface area (Å²) in [6, 6.07) is 9.28. The van der Waals surface area contributed by atoms with Gasteiger partial charge in [0.25, 0.3) is 10.0 Å². The van der Waals surface area contributed by atoms with Gasteiger partial charge in [-0.25, -0.2) is 18.2 Å². The first-order valence-electron chi connectivity index (χ1n) is 6.84. The van der Waals surface area contributed by atoms with Crippen LogP contribution >= 0.6 is 11.3 Å². The Kier molecular flexibility index (Phi) is 4.44. The van der Waals surface area contributed by atoms with Gasteiger partial charge in [0.1, 0.15) is 5.01 Å². The number of hydrogen-bond donors (Lipinski definition) is 1. The molecule has 1 aliphatic rings. The van der Waals surface area contributed by atoms with Crippen molar-refractivity contribution in [3.63, 3.8) is 0 Å². The number of sulfonamides is 1. The zero-order valence-electron chi connectivity index (χ0n) is 12.0. The molecule has 9 heteroatoms. The van der Waals surface area contributed by atoms with Gasteiger partial charge in [-0.2, -0.15) is 4.31 Å². The monoisotopic (exact) mass is 354 g/mol. The van der Waals surface area contributed by atoms with Gasteiger partial charge in [-0.15, -0.1) is 11.3 Å². The lowest BCUT2D eigenvalue weighted by molar-refractivity contribution is -0.153. The van der Waals surface area contributed by atoms with Crippen LogP contribution in [-0.4, -0.2) is 54.6 Å². The summed E-state index contributed by atoms with van der Waals surface area (Å²) in [4.78, 5) is 15.2. The van der Waals surface area contributed by atoms with Crippen molar-refractivity contribution in [2.24, 2.45) is 0 Å². The second-order valence-electron chi connectivity index (χ2n) is 4.92. The molecule has 0 saturated carbocycles. The molecular formula is C14H14N2O5S2. The van der Waals surface area contributed by atoms with Crippen LogP contribution in [0.1, 0.15) is 0 Å². The molecule has 0 aliphatic carbocycles. The fraction of sp³-hybridized carbons (Fsp3) is 0.286. The molecule has 2 aromatic rings. The first kappa shape index (κ1) is 16.1. The van der Waals surface area contributed by atoms with Crippen molar-refractivity contribution in [1.82, 2.24) is 9.29 Å². The molecule has 1 aromatic carbocycles. The molecule has 0 spiro atoms. The quantitative estimate of drug-likeness (QED) is 0.888. The number of rotatable bonds is 4. The van der Waals surface area contributed by atoms with Gasteiger partial charge in [0.15, 0.2) is 11.1 Å². The van der Waals surface area contributed by atoms with Crippen LogP contribution in [0.15, 0.2) is 40.7 Å². The van der Waals surface area contributed by atoms with E-state index in [1.807, 2.05) is 30.3 Å². The molecule has 1 aliphatic heterocycles. The molecule has 23 heavy (non-hydrogen) atoms. The van der Waals surface area contributed by atoms with E-state index in [0.717, 1.165) is 9.87 Å². The number of carbonyl (C=O) groups is 1. The molecule has 1 unspecified atom stereocenters. The third-order valence-electron chi connectivity index (χ3n) is 3.41. The lowest BCUT2D eigenvalue weighted by Gasteiger charge is -2.29. The fourth-order valence-electron chi connectivity index (χ4n) is 2.22. The number of benzene rings is 1. The zero-order chi connectivity index (χ0) is 16.4. The van der Waals surface area contributed by atoms with Crippen molar-refractivity contribution in [1.29, 1.82) is 0 Å². The molecule has 1 aromatic heterocycles. The summed E-state index contributed by atoms with van der Waals surface area (Å²) in [5.74, 6) is -1.17. The van der Waals surface area contributed by atoms with Gasteiger partial charge in [-0.1, -0.05) is 30.3 Å². The van der Waals surface area contributed by atoms with Crippen molar-refractivity contribution in [3.05, 3.63) is 35.7 Å². The van der Waals surface area contributed by atoms with Gasteiger partial charge < -0.3 is 9.84 Å². The highest BCUT2D eigenvalue weighted by atomic mass is 32.2. The molecule has 1 atom stereocenters. The molecule has 1 N–H and O–H groups in total. The van der Waals surface area contributed by atoms with Crippen LogP contribution in [-0.2, 0) is 19.6 Å². The Morgan fingerprint density at radius 3 is 2.78 bits per heavy atom. The third-order valence-corrected chi connectivity index (χ3v) is 6.20. The Balaban J connectivity index is 1.86. The lowest BCUT2D eigenvalue weighted by atomic mass is 10.2.